The second kappa shape index (κ2) is 9.53. The first-order chi connectivity index (χ1) is 8.85. The van der Waals surface area contributed by atoms with Gasteiger partial charge in [0, 0.05) is 20.5 Å². The lowest BCUT2D eigenvalue weighted by molar-refractivity contribution is -0.0356. The fourth-order valence-corrected chi connectivity index (χ4v) is 1.48. The first-order valence-electron chi connectivity index (χ1n) is 5.54. The predicted octanol–water partition coefficient (Wildman–Crippen LogP) is 1.54. The maximum absolute atomic E-state index is 10.4. The Bertz CT molecular complexity index is 497. The third-order valence-corrected chi connectivity index (χ3v) is 2.68. The molecule has 6 heteroatoms. The summed E-state index contributed by atoms with van der Waals surface area (Å²) in [6, 6.07) is 0. The summed E-state index contributed by atoms with van der Waals surface area (Å²) in [4.78, 5) is 0. The number of hydrogen-bond acceptors (Lipinski definition) is 4. The van der Waals surface area contributed by atoms with Crippen molar-refractivity contribution in [2.24, 2.45) is 0 Å². The first-order valence-corrected chi connectivity index (χ1v) is 7.15. The Labute approximate surface area is 115 Å². The van der Waals surface area contributed by atoms with Crippen LogP contribution in [0.5, 0.6) is 0 Å². The average molecular weight is 288 g/mol. The summed E-state index contributed by atoms with van der Waals surface area (Å²) in [6.07, 6.45) is 6.05. The molecule has 1 atom stereocenters. The Morgan fingerprint density at radius 1 is 1.53 bits per heavy atom. The summed E-state index contributed by atoms with van der Waals surface area (Å²) in [5, 5.41) is 9.03. The van der Waals surface area contributed by atoms with Crippen LogP contribution >= 0.6 is 0 Å². The quantitative estimate of drug-likeness (QED) is 0.244. The van der Waals surface area contributed by atoms with Crippen molar-refractivity contribution >= 4 is 10.1 Å². The van der Waals surface area contributed by atoms with E-state index in [9.17, 15) is 8.42 Å². The Balaban J connectivity index is 0. The molecule has 0 aliphatic heterocycles. The largest absolute Gasteiger partial charge is 0.365 e. The first kappa shape index (κ1) is 17.6. The lowest BCUT2D eigenvalue weighted by Gasteiger charge is -1.98. The monoisotopic (exact) mass is 288 g/mol. The molecular formula is C13H20O5S. The van der Waals surface area contributed by atoms with Crippen molar-refractivity contribution in [1.82, 2.24) is 0 Å². The fourth-order valence-electron chi connectivity index (χ4n) is 0.970. The summed E-state index contributed by atoms with van der Waals surface area (Å²) < 4.78 is 33.9. The molecule has 0 spiro atoms. The molecular weight excluding hydrogens is 268 g/mol. The van der Waals surface area contributed by atoms with Crippen LogP contribution in [0.3, 0.4) is 0 Å². The molecule has 19 heavy (non-hydrogen) atoms. The molecule has 0 rings (SSSR count). The highest BCUT2D eigenvalue weighted by molar-refractivity contribution is 7.85. The third kappa shape index (κ3) is 12.9. The van der Waals surface area contributed by atoms with Gasteiger partial charge in [-0.1, -0.05) is 30.6 Å². The summed E-state index contributed by atoms with van der Waals surface area (Å²) in [6.45, 7) is 3.68. The zero-order valence-corrected chi connectivity index (χ0v) is 11.6. The molecule has 0 aliphatic carbocycles. The number of allylic oxidation sites excluding steroid dienone is 4. The number of ether oxygens (including phenoxy) is 1. The SMILES string of the molecule is C=C(C#CCCCS(=O)(=O)O)/C=C\C=C\C(O)OC.[HH]. The van der Waals surface area contributed by atoms with E-state index in [-0.39, 0.29) is 13.6 Å². The molecule has 0 heterocycles. The van der Waals surface area contributed by atoms with Crippen molar-refractivity contribution < 1.29 is 24.2 Å². The van der Waals surface area contributed by atoms with Gasteiger partial charge >= 0.3 is 0 Å². The van der Waals surface area contributed by atoms with E-state index in [0.29, 0.717) is 12.0 Å². The van der Waals surface area contributed by atoms with Crippen molar-refractivity contribution in [3.63, 3.8) is 0 Å². The molecule has 0 aliphatic rings. The van der Waals surface area contributed by atoms with Crippen molar-refractivity contribution in [3.05, 3.63) is 36.5 Å². The summed E-state index contributed by atoms with van der Waals surface area (Å²) in [5.74, 6) is 5.19. The second-order valence-corrected chi connectivity index (χ2v) is 5.16. The van der Waals surface area contributed by atoms with E-state index in [2.05, 4.69) is 23.2 Å². The van der Waals surface area contributed by atoms with Gasteiger partial charge in [-0.15, -0.1) is 0 Å². The Kier molecular flexibility index (Phi) is 8.83. The zero-order chi connectivity index (χ0) is 14.7. The normalized spacial score (nSPS) is 13.4. The number of aliphatic hydroxyl groups is 1. The van der Waals surface area contributed by atoms with Crippen LogP contribution in [0.15, 0.2) is 36.5 Å². The molecule has 0 saturated carbocycles. The minimum absolute atomic E-state index is 0. The van der Waals surface area contributed by atoms with E-state index < -0.39 is 16.4 Å². The van der Waals surface area contributed by atoms with Gasteiger partial charge in [0.15, 0.2) is 6.29 Å². The lowest BCUT2D eigenvalue weighted by atomic mass is 10.2. The van der Waals surface area contributed by atoms with Crippen molar-refractivity contribution in [2.45, 2.75) is 19.1 Å². The van der Waals surface area contributed by atoms with Gasteiger partial charge in [0.2, 0.25) is 0 Å². The number of aliphatic hydroxyl groups excluding tert-OH is 1. The van der Waals surface area contributed by atoms with Crippen LogP contribution in [-0.4, -0.2) is 37.2 Å². The Hall–Kier alpha value is -1.39. The summed E-state index contributed by atoms with van der Waals surface area (Å²) >= 11 is 0. The molecule has 0 radical (unpaired) electrons. The van der Waals surface area contributed by atoms with Crippen LogP contribution in [0.25, 0.3) is 0 Å². The van der Waals surface area contributed by atoms with Crippen LogP contribution in [0.2, 0.25) is 0 Å². The summed E-state index contributed by atoms with van der Waals surface area (Å²) in [5.41, 5.74) is 0.559. The number of unbranched alkanes of at least 4 members (excludes halogenated alkanes) is 1. The molecule has 0 aromatic heterocycles. The molecule has 0 amide bonds. The predicted molar refractivity (Wildman–Crippen MR) is 76.0 cm³/mol. The van der Waals surface area contributed by atoms with Gasteiger partial charge in [-0.3, -0.25) is 4.55 Å². The van der Waals surface area contributed by atoms with Gasteiger partial charge in [-0.05, 0) is 18.6 Å². The standard InChI is InChI=1S/C13H18O5S.H2/c1-12(9-5-6-10-13(14)18-2)8-4-3-7-11-19(15,16)17;/h5-6,9-10,13-14H,1,3,7,11H2,2H3,(H,15,16,17);1H/b9-5-,10-6+;. The molecule has 5 nitrogen and oxygen atoms in total. The van der Waals surface area contributed by atoms with Gasteiger partial charge in [-0.25, -0.2) is 0 Å². The maximum Gasteiger partial charge on any atom is 0.264 e. The van der Waals surface area contributed by atoms with Gasteiger partial charge in [0.05, 0.1) is 5.75 Å². The number of hydrogen-bond donors (Lipinski definition) is 2. The van der Waals surface area contributed by atoms with E-state index in [1.54, 1.807) is 18.2 Å². The minimum Gasteiger partial charge on any atom is -0.365 e. The Morgan fingerprint density at radius 2 is 2.21 bits per heavy atom. The Morgan fingerprint density at radius 3 is 2.79 bits per heavy atom. The topological polar surface area (TPSA) is 83.8 Å². The molecule has 0 saturated heterocycles. The molecule has 1 unspecified atom stereocenters. The molecule has 2 N–H and O–H groups in total. The fraction of sp³-hybridized carbons (Fsp3) is 0.385. The molecule has 0 fully saturated rings. The highest BCUT2D eigenvalue weighted by Gasteiger charge is 2.01. The average Bonchev–Trinajstić information content (AvgIpc) is 2.32. The van der Waals surface area contributed by atoms with Gasteiger partial charge < -0.3 is 9.84 Å². The van der Waals surface area contributed by atoms with Gasteiger partial charge in [0.1, 0.15) is 0 Å². The van der Waals surface area contributed by atoms with E-state index in [4.69, 9.17) is 9.66 Å². The van der Waals surface area contributed by atoms with Gasteiger partial charge in [-0.2, -0.15) is 8.42 Å². The van der Waals surface area contributed by atoms with Crippen molar-refractivity contribution in [3.8, 4) is 11.8 Å². The minimum atomic E-state index is -3.90. The van der Waals surface area contributed by atoms with Crippen LogP contribution in [0.1, 0.15) is 14.3 Å². The zero-order valence-electron chi connectivity index (χ0n) is 10.7. The summed E-state index contributed by atoms with van der Waals surface area (Å²) in [7, 11) is -2.52. The molecule has 0 bridgehead atoms. The lowest BCUT2D eigenvalue weighted by Crippen LogP contribution is -2.02. The van der Waals surface area contributed by atoms with E-state index in [1.807, 2.05) is 0 Å². The highest BCUT2D eigenvalue weighted by Crippen LogP contribution is 1.95. The van der Waals surface area contributed by atoms with E-state index in [0.717, 1.165) is 0 Å². The van der Waals surface area contributed by atoms with E-state index >= 15 is 0 Å². The van der Waals surface area contributed by atoms with Crippen LogP contribution in [0.4, 0.5) is 0 Å². The van der Waals surface area contributed by atoms with E-state index in [1.165, 1.54) is 13.2 Å². The third-order valence-electron chi connectivity index (χ3n) is 1.88. The van der Waals surface area contributed by atoms with Crippen LogP contribution in [-0.2, 0) is 14.9 Å². The number of rotatable bonds is 7. The second-order valence-electron chi connectivity index (χ2n) is 3.59. The smallest absolute Gasteiger partial charge is 0.264 e. The molecule has 0 aromatic rings. The van der Waals surface area contributed by atoms with Crippen LogP contribution < -0.4 is 0 Å². The van der Waals surface area contributed by atoms with Gasteiger partial charge in [0.25, 0.3) is 10.1 Å². The molecule has 0 aromatic carbocycles. The molecule has 108 valence electrons. The highest BCUT2D eigenvalue weighted by atomic mass is 32.2. The van der Waals surface area contributed by atoms with Crippen molar-refractivity contribution in [2.75, 3.05) is 12.9 Å². The van der Waals surface area contributed by atoms with Crippen LogP contribution in [0, 0.1) is 11.8 Å². The maximum atomic E-state index is 10.4. The van der Waals surface area contributed by atoms with Crippen molar-refractivity contribution in [1.29, 1.82) is 0 Å². The number of methoxy groups -OCH3 is 1.